The van der Waals surface area contributed by atoms with Crippen molar-refractivity contribution in [3.8, 4) is 0 Å². The molecule has 2 rings (SSSR count). The third kappa shape index (κ3) is 2.84. The van der Waals surface area contributed by atoms with Crippen molar-refractivity contribution in [2.24, 2.45) is 5.92 Å². The molecule has 1 aromatic rings. The van der Waals surface area contributed by atoms with Crippen molar-refractivity contribution in [3.05, 3.63) is 28.8 Å². The zero-order valence-electron chi connectivity index (χ0n) is 11.2. The number of rotatable bonds is 3. The molecule has 18 heavy (non-hydrogen) atoms. The Kier molecular flexibility index (Phi) is 4.57. The summed E-state index contributed by atoms with van der Waals surface area (Å²) < 4.78 is 0. The molecule has 0 N–H and O–H groups in total. The molecule has 1 fully saturated rings. The van der Waals surface area contributed by atoms with Gasteiger partial charge in [0.2, 0.25) is 0 Å². The highest BCUT2D eigenvalue weighted by Crippen LogP contribution is 2.30. The Morgan fingerprint density at radius 1 is 1.39 bits per heavy atom. The van der Waals surface area contributed by atoms with Crippen molar-refractivity contribution in [3.63, 3.8) is 0 Å². The quantitative estimate of drug-likeness (QED) is 0.781. The largest absolute Gasteiger partial charge is 0.370 e. The van der Waals surface area contributed by atoms with E-state index in [9.17, 15) is 0 Å². The monoisotopic (exact) mass is 330 g/mol. The number of anilines is 1. The Hall–Kier alpha value is -0.250. The lowest BCUT2D eigenvalue weighted by molar-refractivity contribution is 0.266. The van der Waals surface area contributed by atoms with E-state index >= 15 is 0 Å². The summed E-state index contributed by atoms with van der Waals surface area (Å²) in [6.45, 7) is 4.50. The Morgan fingerprint density at radius 2 is 2.11 bits per heavy atom. The molecule has 2 unspecified atom stereocenters. The van der Waals surface area contributed by atoms with Crippen LogP contribution in [0, 0.1) is 5.92 Å². The molecule has 0 spiro atoms. The zero-order valence-corrected chi connectivity index (χ0v) is 13.5. The van der Waals surface area contributed by atoms with Crippen LogP contribution in [0.3, 0.4) is 0 Å². The first-order valence-electron chi connectivity index (χ1n) is 6.28. The van der Waals surface area contributed by atoms with Crippen LogP contribution in [0.5, 0.6) is 0 Å². The molecule has 2 atom stereocenters. The minimum Gasteiger partial charge on any atom is -0.370 e. The van der Waals surface area contributed by atoms with E-state index < -0.39 is 0 Å². The summed E-state index contributed by atoms with van der Waals surface area (Å²) in [6, 6.07) is 7.00. The SMILES string of the molecule is CC1CN(c2ccc(CBr)c(Cl)c2)CC1N(C)C. The van der Waals surface area contributed by atoms with Crippen LogP contribution in [0.15, 0.2) is 18.2 Å². The summed E-state index contributed by atoms with van der Waals surface area (Å²) in [5.41, 5.74) is 2.39. The second kappa shape index (κ2) is 5.81. The minimum atomic E-state index is 0.625. The van der Waals surface area contributed by atoms with Gasteiger partial charge in [-0.05, 0) is 37.7 Å². The lowest BCUT2D eigenvalue weighted by atomic mass is 10.1. The van der Waals surface area contributed by atoms with Crippen molar-refractivity contribution in [1.82, 2.24) is 4.90 Å². The number of hydrogen-bond donors (Lipinski definition) is 0. The first kappa shape index (κ1) is 14.2. The Bertz CT molecular complexity index is 422. The van der Waals surface area contributed by atoms with Gasteiger partial charge in [-0.15, -0.1) is 0 Å². The fourth-order valence-electron chi connectivity index (χ4n) is 2.67. The summed E-state index contributed by atoms with van der Waals surface area (Å²) in [4.78, 5) is 4.75. The smallest absolute Gasteiger partial charge is 0.0467 e. The van der Waals surface area contributed by atoms with Crippen LogP contribution >= 0.6 is 27.5 Å². The lowest BCUT2D eigenvalue weighted by Crippen LogP contribution is -2.34. The third-order valence-corrected chi connectivity index (χ3v) is 4.74. The first-order valence-corrected chi connectivity index (χ1v) is 7.78. The average Bonchev–Trinajstić information content (AvgIpc) is 2.71. The Morgan fingerprint density at radius 3 is 2.61 bits per heavy atom. The van der Waals surface area contributed by atoms with E-state index in [0.717, 1.165) is 29.0 Å². The molecule has 0 radical (unpaired) electrons. The molecular formula is C14H20BrClN2. The minimum absolute atomic E-state index is 0.625. The molecule has 1 aliphatic rings. The van der Waals surface area contributed by atoms with E-state index in [1.54, 1.807) is 0 Å². The molecule has 0 aromatic heterocycles. The van der Waals surface area contributed by atoms with Crippen LogP contribution < -0.4 is 4.90 Å². The molecule has 1 heterocycles. The number of nitrogens with zero attached hydrogens (tertiary/aromatic N) is 2. The summed E-state index contributed by atoms with van der Waals surface area (Å²) in [5.74, 6) is 0.689. The van der Waals surface area contributed by atoms with E-state index in [1.165, 1.54) is 5.69 Å². The molecule has 100 valence electrons. The molecule has 2 nitrogen and oxygen atoms in total. The van der Waals surface area contributed by atoms with Gasteiger partial charge in [-0.25, -0.2) is 0 Å². The van der Waals surface area contributed by atoms with Gasteiger partial charge in [0.05, 0.1) is 0 Å². The van der Waals surface area contributed by atoms with E-state index in [-0.39, 0.29) is 0 Å². The molecule has 0 bridgehead atoms. The van der Waals surface area contributed by atoms with Gasteiger partial charge in [-0.2, -0.15) is 0 Å². The fourth-order valence-corrected chi connectivity index (χ4v) is 3.57. The van der Waals surface area contributed by atoms with Crippen molar-refractivity contribution in [1.29, 1.82) is 0 Å². The van der Waals surface area contributed by atoms with E-state index in [4.69, 9.17) is 11.6 Å². The van der Waals surface area contributed by atoms with Crippen LogP contribution in [0.2, 0.25) is 5.02 Å². The number of alkyl halides is 1. The van der Waals surface area contributed by atoms with E-state index in [2.05, 4.69) is 64.9 Å². The number of benzene rings is 1. The average molecular weight is 332 g/mol. The van der Waals surface area contributed by atoms with Crippen LogP contribution in [0.1, 0.15) is 12.5 Å². The molecule has 0 saturated carbocycles. The highest BCUT2D eigenvalue weighted by Gasteiger charge is 2.31. The van der Waals surface area contributed by atoms with Crippen LogP contribution in [0.4, 0.5) is 5.69 Å². The summed E-state index contributed by atoms with van der Waals surface area (Å²) in [5, 5.41) is 1.66. The van der Waals surface area contributed by atoms with Gasteiger partial charge < -0.3 is 9.80 Å². The zero-order chi connectivity index (χ0) is 13.3. The van der Waals surface area contributed by atoms with Crippen molar-refractivity contribution < 1.29 is 0 Å². The number of likely N-dealkylation sites (N-methyl/N-ethyl adjacent to an activating group) is 1. The van der Waals surface area contributed by atoms with Gasteiger partial charge in [0, 0.05) is 35.2 Å². The number of halogens is 2. The maximum atomic E-state index is 6.28. The molecule has 0 aliphatic carbocycles. The third-order valence-electron chi connectivity index (χ3n) is 3.78. The second-order valence-electron chi connectivity index (χ2n) is 5.32. The van der Waals surface area contributed by atoms with Crippen molar-refractivity contribution >= 4 is 33.2 Å². The molecule has 1 aromatic carbocycles. The summed E-state index contributed by atoms with van der Waals surface area (Å²) in [6.07, 6.45) is 0. The van der Waals surface area contributed by atoms with Gasteiger partial charge in [0.25, 0.3) is 0 Å². The highest BCUT2D eigenvalue weighted by molar-refractivity contribution is 9.08. The van der Waals surface area contributed by atoms with Gasteiger partial charge >= 0.3 is 0 Å². The van der Waals surface area contributed by atoms with Gasteiger partial charge in [0.15, 0.2) is 0 Å². The first-order chi connectivity index (χ1) is 8.52. The molecule has 0 amide bonds. The summed E-state index contributed by atoms with van der Waals surface area (Å²) in [7, 11) is 4.32. The maximum absolute atomic E-state index is 6.28. The van der Waals surface area contributed by atoms with Crippen molar-refractivity contribution in [2.45, 2.75) is 18.3 Å². The fraction of sp³-hybridized carbons (Fsp3) is 0.571. The molecular weight excluding hydrogens is 312 g/mol. The Labute approximate surface area is 123 Å². The molecule has 1 aliphatic heterocycles. The predicted molar refractivity (Wildman–Crippen MR) is 82.9 cm³/mol. The number of hydrogen-bond acceptors (Lipinski definition) is 2. The van der Waals surface area contributed by atoms with Gasteiger partial charge in [0.1, 0.15) is 0 Å². The maximum Gasteiger partial charge on any atom is 0.0467 e. The topological polar surface area (TPSA) is 6.48 Å². The molecule has 1 saturated heterocycles. The van der Waals surface area contributed by atoms with Crippen LogP contribution in [0.25, 0.3) is 0 Å². The summed E-state index contributed by atoms with van der Waals surface area (Å²) >= 11 is 9.73. The standard InChI is InChI=1S/C14H20BrClN2/c1-10-8-18(9-14(10)17(2)3)12-5-4-11(7-15)13(16)6-12/h4-6,10,14H,7-9H2,1-3H3. The van der Waals surface area contributed by atoms with Crippen LogP contribution in [-0.2, 0) is 5.33 Å². The molecule has 4 heteroatoms. The van der Waals surface area contributed by atoms with Crippen LogP contribution in [-0.4, -0.2) is 38.1 Å². The second-order valence-corrected chi connectivity index (χ2v) is 6.29. The van der Waals surface area contributed by atoms with Gasteiger partial charge in [-0.1, -0.05) is 40.5 Å². The van der Waals surface area contributed by atoms with E-state index in [1.807, 2.05) is 0 Å². The lowest BCUT2D eigenvalue weighted by Gasteiger charge is -2.23. The van der Waals surface area contributed by atoms with E-state index in [0.29, 0.717) is 12.0 Å². The highest BCUT2D eigenvalue weighted by atomic mass is 79.9. The predicted octanol–water partition coefficient (Wildman–Crippen LogP) is 3.62. The normalized spacial score (nSPS) is 24.0. The Balaban J connectivity index is 2.16. The van der Waals surface area contributed by atoms with Crippen molar-refractivity contribution in [2.75, 3.05) is 32.1 Å². The van der Waals surface area contributed by atoms with Gasteiger partial charge in [-0.3, -0.25) is 0 Å².